The zero-order chi connectivity index (χ0) is 77.6. The van der Waals surface area contributed by atoms with Gasteiger partial charge >= 0.3 is 0 Å². The highest BCUT2D eigenvalue weighted by Crippen LogP contribution is 2.54. The van der Waals surface area contributed by atoms with Gasteiger partial charge in [-0.2, -0.15) is 0 Å². The fourth-order valence-corrected chi connectivity index (χ4v) is 24.8. The van der Waals surface area contributed by atoms with Gasteiger partial charge in [0.2, 0.25) is 0 Å². The Balaban J connectivity index is 0.0000000916. The second-order valence-electron chi connectivity index (χ2n) is 33.0. The third-order valence-electron chi connectivity index (χ3n) is 27.3. The molecule has 0 atom stereocenters. The molecule has 22 aromatic carbocycles. The van der Waals surface area contributed by atoms with Crippen LogP contribution in [0.25, 0.3) is 286 Å². The summed E-state index contributed by atoms with van der Waals surface area (Å²) in [6, 6.07) is 137. The summed E-state index contributed by atoms with van der Waals surface area (Å²) in [4.78, 5) is 0. The van der Waals surface area contributed by atoms with Crippen LogP contribution >= 0.6 is 22.7 Å². The van der Waals surface area contributed by atoms with Gasteiger partial charge in [0.05, 0.1) is 49.7 Å². The molecule has 31 rings (SSSR count). The predicted molar refractivity (Wildman–Crippen MR) is 517 cm³/mol. The fraction of sp³-hybridized carbons (Fsp3) is 0. The Labute approximate surface area is 690 Å². The maximum absolute atomic E-state index is 6.40. The Hall–Kier alpha value is -15.2. The number of fused-ring (bicyclic) bond motifs is 30. The molecule has 0 N–H and O–H groups in total. The van der Waals surface area contributed by atoms with Crippen molar-refractivity contribution in [3.8, 4) is 44.5 Å². The van der Waals surface area contributed by atoms with Crippen LogP contribution in [0.5, 0.6) is 0 Å². The van der Waals surface area contributed by atoms with E-state index in [0.717, 1.165) is 27.5 Å². The molecule has 0 radical (unpaired) electrons. The van der Waals surface area contributed by atoms with Gasteiger partial charge < -0.3 is 17.6 Å². The Kier molecular flexibility index (Phi) is 12.5. The molecular weight excluding hydrogens is 1490 g/mol. The molecule has 0 aliphatic carbocycles. The van der Waals surface area contributed by atoms with Gasteiger partial charge in [0.1, 0.15) is 11.2 Å². The lowest BCUT2D eigenvalue weighted by Gasteiger charge is -2.12. The minimum Gasteiger partial charge on any atom is -0.455 e. The standard InChI is InChI=1S/C42H23NS.C36H19NO.C36H19NS/c1-3-12-36-29(7-1)33-22-21-32-35-23-26(19-20-28(35)31-10-6-13-37-39(31)40(32)41(33)43(36)37)24-15-17-25(18-16-24)27-9-5-11-34-30-8-2-4-14-38(30)44-42(27)34;2*1-3-12-30-23(7-1)27-18-17-26-29-19-20(21-9-5-11-28-24-8-2-4-14-32(24)38-36(21)28)15-16-22(29)25-10-6-13-31-33(25)34(26)35(27)37(30)31/h1-23H;2*1-19H. The number of hydrogen-bond acceptors (Lipinski definition) is 3. The molecule has 0 aliphatic heterocycles. The average Bonchev–Trinajstić information content (AvgIpc) is 1.53. The summed E-state index contributed by atoms with van der Waals surface area (Å²) in [5, 5.41) is 39.9. The zero-order valence-electron chi connectivity index (χ0n) is 64.3. The van der Waals surface area contributed by atoms with Crippen LogP contribution in [0, 0.1) is 0 Å². The van der Waals surface area contributed by atoms with Gasteiger partial charge in [-0.05, 0) is 176 Å². The molecule has 550 valence electrons. The number of rotatable bonds is 4. The Morgan fingerprint density at radius 1 is 0.175 bits per heavy atom. The molecule has 0 amide bonds. The van der Waals surface area contributed by atoms with E-state index in [1.807, 2.05) is 28.7 Å². The number of aromatic nitrogens is 3. The van der Waals surface area contributed by atoms with E-state index in [9.17, 15) is 0 Å². The van der Waals surface area contributed by atoms with E-state index in [4.69, 9.17) is 4.42 Å². The molecule has 0 aliphatic rings. The van der Waals surface area contributed by atoms with E-state index >= 15 is 0 Å². The van der Waals surface area contributed by atoms with Gasteiger partial charge in [-0.3, -0.25) is 0 Å². The molecule has 4 nitrogen and oxygen atoms in total. The lowest BCUT2D eigenvalue weighted by molar-refractivity contribution is 0.670. The fourth-order valence-electron chi connectivity index (χ4n) is 22.3. The number of benzene rings is 22. The van der Waals surface area contributed by atoms with Crippen LogP contribution in [-0.2, 0) is 0 Å². The summed E-state index contributed by atoms with van der Waals surface area (Å²) in [5.74, 6) is 0. The Morgan fingerprint density at radius 2 is 0.483 bits per heavy atom. The van der Waals surface area contributed by atoms with Crippen molar-refractivity contribution >= 4 is 264 Å². The maximum Gasteiger partial charge on any atom is 0.143 e. The van der Waals surface area contributed by atoms with Gasteiger partial charge in [0.15, 0.2) is 0 Å². The molecule has 0 bridgehead atoms. The number of nitrogens with zero attached hydrogens (tertiary/aromatic N) is 3. The highest BCUT2D eigenvalue weighted by atomic mass is 32.1. The van der Waals surface area contributed by atoms with Crippen molar-refractivity contribution in [2.24, 2.45) is 0 Å². The number of para-hydroxylation sites is 5. The first-order chi connectivity index (χ1) is 59.6. The van der Waals surface area contributed by atoms with Crippen LogP contribution in [0.15, 0.2) is 374 Å². The SMILES string of the molecule is c1ccc2c(c1)oc1c(-c3ccc4c(c3)c3ccc5c6ccccc6n6c7cccc4c7c3c56)cccc12.c1ccc2c(c1)sc1c(-c3ccc(-c4ccc5c(c4)c4ccc6c7ccccc7n7c8cccc5c8c4c67)cc3)cccc12.c1ccc2c(c1)sc1c(-c3ccc4c(c3)c3ccc5c6ccccc6n6c7cccc4c7c3c56)cccc12. The van der Waals surface area contributed by atoms with Gasteiger partial charge in [-0.25, -0.2) is 0 Å². The van der Waals surface area contributed by atoms with E-state index in [2.05, 4.69) is 377 Å². The summed E-state index contributed by atoms with van der Waals surface area (Å²) >= 11 is 3.79. The van der Waals surface area contributed by atoms with Crippen LogP contribution in [0.1, 0.15) is 0 Å². The maximum atomic E-state index is 6.40. The van der Waals surface area contributed by atoms with E-state index in [1.54, 1.807) is 0 Å². The largest absolute Gasteiger partial charge is 0.455 e. The second-order valence-corrected chi connectivity index (χ2v) is 35.1. The summed E-state index contributed by atoms with van der Waals surface area (Å²) in [7, 11) is 0. The smallest absolute Gasteiger partial charge is 0.143 e. The molecule has 0 unspecified atom stereocenters. The molecule has 0 fully saturated rings. The highest BCUT2D eigenvalue weighted by molar-refractivity contribution is 7.26. The van der Waals surface area contributed by atoms with E-state index in [1.165, 1.54) is 258 Å². The van der Waals surface area contributed by atoms with Gasteiger partial charge in [0, 0.05) is 121 Å². The Bertz CT molecular complexity index is 9470. The van der Waals surface area contributed by atoms with Crippen molar-refractivity contribution < 1.29 is 4.42 Å². The monoisotopic (exact) mass is 1550 g/mol. The van der Waals surface area contributed by atoms with Crippen LogP contribution in [0.2, 0.25) is 0 Å². The summed E-state index contributed by atoms with van der Waals surface area (Å²) in [6.45, 7) is 0. The van der Waals surface area contributed by atoms with Crippen LogP contribution < -0.4 is 0 Å². The number of hydrogen-bond donors (Lipinski definition) is 0. The lowest BCUT2D eigenvalue weighted by atomic mass is 9.91. The normalized spacial score (nSPS) is 12.7. The summed E-state index contributed by atoms with van der Waals surface area (Å²) < 4.78 is 19.3. The molecular formula is C114H61N3OS2. The lowest BCUT2D eigenvalue weighted by Crippen LogP contribution is -1.85. The zero-order valence-corrected chi connectivity index (χ0v) is 65.9. The van der Waals surface area contributed by atoms with Gasteiger partial charge in [-0.15, -0.1) is 22.7 Å². The first kappa shape index (κ1) is 64.0. The summed E-state index contributed by atoms with van der Waals surface area (Å²) in [6.07, 6.45) is 0. The first-order valence-corrected chi connectivity index (χ1v) is 43.1. The Morgan fingerprint density at radius 3 is 0.958 bits per heavy atom. The first-order valence-electron chi connectivity index (χ1n) is 41.4. The molecule has 0 spiro atoms. The van der Waals surface area contributed by atoms with Crippen molar-refractivity contribution in [2.45, 2.75) is 0 Å². The third-order valence-corrected chi connectivity index (χ3v) is 29.7. The van der Waals surface area contributed by atoms with E-state index < -0.39 is 0 Å². The van der Waals surface area contributed by atoms with Crippen molar-refractivity contribution in [1.82, 2.24) is 13.2 Å². The van der Waals surface area contributed by atoms with Gasteiger partial charge in [0.25, 0.3) is 0 Å². The van der Waals surface area contributed by atoms with E-state index in [0.29, 0.717) is 0 Å². The van der Waals surface area contributed by atoms with Crippen molar-refractivity contribution in [1.29, 1.82) is 0 Å². The van der Waals surface area contributed by atoms with Crippen molar-refractivity contribution in [2.75, 3.05) is 0 Å². The van der Waals surface area contributed by atoms with Crippen LogP contribution in [0.4, 0.5) is 0 Å². The molecule has 9 heterocycles. The quantitative estimate of drug-likeness (QED) is 0.161. The van der Waals surface area contributed by atoms with Crippen LogP contribution in [-0.4, -0.2) is 13.2 Å². The molecule has 0 saturated carbocycles. The second kappa shape index (κ2) is 23.3. The topological polar surface area (TPSA) is 26.4 Å². The van der Waals surface area contributed by atoms with Crippen molar-refractivity contribution in [3.63, 3.8) is 0 Å². The highest BCUT2D eigenvalue weighted by Gasteiger charge is 2.28. The van der Waals surface area contributed by atoms with E-state index in [-0.39, 0.29) is 0 Å². The predicted octanol–water partition coefficient (Wildman–Crippen LogP) is 33.0. The third kappa shape index (κ3) is 8.28. The molecule has 31 aromatic rings. The minimum atomic E-state index is 0.931. The van der Waals surface area contributed by atoms with Crippen LogP contribution in [0.3, 0.4) is 0 Å². The van der Waals surface area contributed by atoms with Crippen molar-refractivity contribution in [3.05, 3.63) is 370 Å². The molecule has 120 heavy (non-hydrogen) atoms. The van der Waals surface area contributed by atoms with Gasteiger partial charge in [-0.1, -0.05) is 297 Å². The average molecular weight is 1550 g/mol. The summed E-state index contributed by atoms with van der Waals surface area (Å²) in [5.41, 5.74) is 23.6. The number of furan rings is 1. The molecule has 0 saturated heterocycles. The molecule has 9 aromatic heterocycles. The molecule has 6 heteroatoms. The minimum absolute atomic E-state index is 0.931. The number of thiophene rings is 2.